The van der Waals surface area contributed by atoms with Crippen LogP contribution in [0, 0.1) is 0 Å². The van der Waals surface area contributed by atoms with E-state index in [1.54, 1.807) is 41.5 Å². The standard InChI is InChI=1S/C22H22N2O3S2/c1-2-3-12-23-19(21(25)26)15-16-8-10-17(11-9-16)27-13-14-28-22-24-18-6-4-5-7-20(18)29-22/h2-12,19,23H,1,13-15H2,(H,25,26)/b12-3-. The first-order valence-corrected chi connectivity index (χ1v) is 10.9. The zero-order chi connectivity index (χ0) is 20.5. The summed E-state index contributed by atoms with van der Waals surface area (Å²) in [6.45, 7) is 4.14. The van der Waals surface area contributed by atoms with Crippen LogP contribution in [0.1, 0.15) is 5.56 Å². The molecule has 5 nitrogen and oxygen atoms in total. The summed E-state index contributed by atoms with van der Waals surface area (Å²) < 4.78 is 8.03. The number of rotatable bonds is 11. The molecule has 0 amide bonds. The van der Waals surface area contributed by atoms with Gasteiger partial charge in [0.15, 0.2) is 4.34 Å². The first-order valence-electron chi connectivity index (χ1n) is 9.12. The van der Waals surface area contributed by atoms with Gasteiger partial charge in [-0.3, -0.25) is 0 Å². The highest BCUT2D eigenvalue weighted by Gasteiger charge is 2.15. The maximum atomic E-state index is 11.4. The SMILES string of the molecule is C=C/C=C\NC(Cc1ccc(OCCSc2nc3ccccc3s2)cc1)C(=O)O. The van der Waals surface area contributed by atoms with Crippen LogP contribution < -0.4 is 10.1 Å². The Kier molecular flexibility index (Phi) is 7.72. The fourth-order valence-corrected chi connectivity index (χ4v) is 4.57. The highest BCUT2D eigenvalue weighted by atomic mass is 32.2. The molecule has 1 aromatic heterocycles. The monoisotopic (exact) mass is 426 g/mol. The molecule has 1 atom stereocenters. The third kappa shape index (κ3) is 6.37. The number of carboxylic acids is 1. The minimum atomic E-state index is -0.897. The third-order valence-electron chi connectivity index (χ3n) is 4.04. The predicted octanol–water partition coefficient (Wildman–Crippen LogP) is 4.75. The van der Waals surface area contributed by atoms with Gasteiger partial charge >= 0.3 is 5.97 Å². The fourth-order valence-electron chi connectivity index (χ4n) is 2.62. The number of nitrogens with one attached hydrogen (secondary N) is 1. The number of benzene rings is 2. The topological polar surface area (TPSA) is 71.5 Å². The van der Waals surface area contributed by atoms with E-state index in [4.69, 9.17) is 4.74 Å². The second kappa shape index (κ2) is 10.7. The number of nitrogens with zero attached hydrogens (tertiary/aromatic N) is 1. The summed E-state index contributed by atoms with van der Waals surface area (Å²) in [5.74, 6) is 0.679. The van der Waals surface area contributed by atoms with Gasteiger partial charge in [-0.1, -0.05) is 48.7 Å². The number of aliphatic carboxylic acids is 1. The van der Waals surface area contributed by atoms with Crippen molar-refractivity contribution in [1.82, 2.24) is 10.3 Å². The number of carbonyl (C=O) groups is 1. The van der Waals surface area contributed by atoms with Crippen LogP contribution in [0.4, 0.5) is 0 Å². The van der Waals surface area contributed by atoms with Crippen molar-refractivity contribution in [2.45, 2.75) is 16.8 Å². The molecule has 0 spiro atoms. The molecule has 3 rings (SSSR count). The molecule has 29 heavy (non-hydrogen) atoms. The van der Waals surface area contributed by atoms with Gasteiger partial charge < -0.3 is 15.2 Å². The van der Waals surface area contributed by atoms with Crippen molar-refractivity contribution >= 4 is 39.3 Å². The molecule has 2 N–H and O–H groups in total. The van der Waals surface area contributed by atoms with Crippen molar-refractivity contribution in [2.24, 2.45) is 0 Å². The van der Waals surface area contributed by atoms with Crippen molar-refractivity contribution in [3.05, 3.63) is 79.0 Å². The smallest absolute Gasteiger partial charge is 0.326 e. The highest BCUT2D eigenvalue weighted by molar-refractivity contribution is 8.01. The van der Waals surface area contributed by atoms with Crippen molar-refractivity contribution in [2.75, 3.05) is 12.4 Å². The molecule has 2 aromatic carbocycles. The normalized spacial score (nSPS) is 12.1. The molecule has 0 aliphatic carbocycles. The summed E-state index contributed by atoms with van der Waals surface area (Å²) in [5.41, 5.74) is 1.96. The Labute approximate surface area is 178 Å². The molecule has 0 saturated carbocycles. The van der Waals surface area contributed by atoms with E-state index in [9.17, 15) is 9.90 Å². The first kappa shape index (κ1) is 21.0. The number of carboxylic acid groups (broad SMARTS) is 1. The van der Waals surface area contributed by atoms with Crippen LogP contribution in [0.15, 0.2) is 77.8 Å². The summed E-state index contributed by atoms with van der Waals surface area (Å²) in [7, 11) is 0. The average Bonchev–Trinajstić information content (AvgIpc) is 3.14. The fraction of sp³-hybridized carbons (Fsp3) is 0.182. The Morgan fingerprint density at radius 1 is 1.28 bits per heavy atom. The summed E-state index contributed by atoms with van der Waals surface area (Å²) in [5, 5.41) is 12.2. The molecular weight excluding hydrogens is 404 g/mol. The lowest BCUT2D eigenvalue weighted by atomic mass is 10.1. The van der Waals surface area contributed by atoms with Gasteiger partial charge in [-0.05, 0) is 42.1 Å². The lowest BCUT2D eigenvalue weighted by molar-refractivity contribution is -0.139. The number of aromatic nitrogens is 1. The van der Waals surface area contributed by atoms with E-state index in [1.807, 2.05) is 42.5 Å². The van der Waals surface area contributed by atoms with Crippen molar-refractivity contribution in [3.8, 4) is 5.75 Å². The zero-order valence-corrected chi connectivity index (χ0v) is 17.4. The minimum absolute atomic E-state index is 0.380. The van der Waals surface area contributed by atoms with E-state index in [1.165, 1.54) is 4.70 Å². The molecule has 150 valence electrons. The van der Waals surface area contributed by atoms with E-state index in [0.29, 0.717) is 13.0 Å². The molecule has 0 saturated heterocycles. The maximum Gasteiger partial charge on any atom is 0.326 e. The number of thioether (sulfide) groups is 1. The van der Waals surface area contributed by atoms with Crippen molar-refractivity contribution < 1.29 is 14.6 Å². The second-order valence-corrected chi connectivity index (χ2v) is 8.52. The third-order valence-corrected chi connectivity index (χ3v) is 6.19. The molecule has 1 heterocycles. The summed E-state index contributed by atoms with van der Waals surface area (Å²) in [6, 6.07) is 15.0. The largest absolute Gasteiger partial charge is 0.493 e. The highest BCUT2D eigenvalue weighted by Crippen LogP contribution is 2.29. The molecule has 0 fully saturated rings. The van der Waals surface area contributed by atoms with E-state index in [-0.39, 0.29) is 0 Å². The number of hydrogen-bond donors (Lipinski definition) is 2. The van der Waals surface area contributed by atoms with Crippen LogP contribution in [-0.2, 0) is 11.2 Å². The van der Waals surface area contributed by atoms with Gasteiger partial charge in [0.25, 0.3) is 0 Å². The Morgan fingerprint density at radius 2 is 2.07 bits per heavy atom. The molecule has 1 unspecified atom stereocenters. The molecule has 7 heteroatoms. The van der Waals surface area contributed by atoms with E-state index < -0.39 is 12.0 Å². The summed E-state index contributed by atoms with van der Waals surface area (Å²) in [6.07, 6.45) is 5.23. The summed E-state index contributed by atoms with van der Waals surface area (Å²) in [4.78, 5) is 16.0. The maximum absolute atomic E-state index is 11.4. The zero-order valence-electron chi connectivity index (χ0n) is 15.8. The van der Waals surface area contributed by atoms with Crippen LogP contribution in [0.25, 0.3) is 10.2 Å². The molecule has 3 aromatic rings. The van der Waals surface area contributed by atoms with E-state index in [2.05, 4.69) is 22.9 Å². The lowest BCUT2D eigenvalue weighted by Crippen LogP contribution is -2.35. The molecule has 0 bridgehead atoms. The van der Waals surface area contributed by atoms with Gasteiger partial charge in [-0.15, -0.1) is 11.3 Å². The number of fused-ring (bicyclic) bond motifs is 1. The van der Waals surface area contributed by atoms with Gasteiger partial charge in [0.1, 0.15) is 11.8 Å². The number of para-hydroxylation sites is 1. The number of allylic oxidation sites excluding steroid dienone is 2. The lowest BCUT2D eigenvalue weighted by Gasteiger charge is -2.13. The Balaban J connectivity index is 1.45. The van der Waals surface area contributed by atoms with Gasteiger partial charge in [0.05, 0.1) is 16.8 Å². The predicted molar refractivity (Wildman–Crippen MR) is 120 cm³/mol. The number of hydrogen-bond acceptors (Lipinski definition) is 6. The van der Waals surface area contributed by atoms with Gasteiger partial charge in [-0.25, -0.2) is 9.78 Å². The van der Waals surface area contributed by atoms with Crippen LogP contribution in [0.3, 0.4) is 0 Å². The van der Waals surface area contributed by atoms with Crippen molar-refractivity contribution in [3.63, 3.8) is 0 Å². The van der Waals surface area contributed by atoms with Gasteiger partial charge in [0, 0.05) is 12.2 Å². The van der Waals surface area contributed by atoms with Crippen LogP contribution in [0.2, 0.25) is 0 Å². The summed E-state index contributed by atoms with van der Waals surface area (Å²) >= 11 is 3.38. The average molecular weight is 427 g/mol. The van der Waals surface area contributed by atoms with Crippen LogP contribution in [0.5, 0.6) is 5.75 Å². The number of thiazole rings is 1. The minimum Gasteiger partial charge on any atom is -0.493 e. The molecule has 0 aliphatic rings. The number of ether oxygens (including phenoxy) is 1. The Hall–Kier alpha value is -2.77. The second-order valence-electron chi connectivity index (χ2n) is 6.14. The van der Waals surface area contributed by atoms with Crippen LogP contribution >= 0.6 is 23.1 Å². The Morgan fingerprint density at radius 3 is 2.79 bits per heavy atom. The van der Waals surface area contributed by atoms with Crippen LogP contribution in [-0.4, -0.2) is 34.5 Å². The van der Waals surface area contributed by atoms with Gasteiger partial charge in [-0.2, -0.15) is 0 Å². The Bertz CT molecular complexity index is 950. The molecule has 0 aliphatic heterocycles. The molecular formula is C22H22N2O3S2. The van der Waals surface area contributed by atoms with Crippen molar-refractivity contribution in [1.29, 1.82) is 0 Å². The van der Waals surface area contributed by atoms with E-state index in [0.717, 1.165) is 26.9 Å². The first-order chi connectivity index (χ1) is 14.2. The van der Waals surface area contributed by atoms with E-state index >= 15 is 0 Å². The molecule has 0 radical (unpaired) electrons. The van der Waals surface area contributed by atoms with Gasteiger partial charge in [0.2, 0.25) is 0 Å². The quantitative estimate of drug-likeness (QED) is 0.262.